The van der Waals surface area contributed by atoms with Crippen LogP contribution in [-0.2, 0) is 6.42 Å². The van der Waals surface area contributed by atoms with E-state index in [9.17, 15) is 15.2 Å². The lowest BCUT2D eigenvalue weighted by atomic mass is 9.98. The van der Waals surface area contributed by atoms with Gasteiger partial charge in [0.25, 0.3) is 5.69 Å². The number of nitro groups is 1. The Balaban J connectivity index is 1.98. The van der Waals surface area contributed by atoms with Gasteiger partial charge in [0.2, 0.25) is 0 Å². The predicted octanol–water partition coefficient (Wildman–Crippen LogP) is 6.58. The van der Waals surface area contributed by atoms with Crippen molar-refractivity contribution in [2.75, 3.05) is 0 Å². The van der Waals surface area contributed by atoms with Crippen LogP contribution in [0.5, 0.6) is 5.75 Å². The molecule has 0 atom stereocenters. The molecule has 0 bridgehead atoms. The number of aryl methyl sites for hydroxylation is 2. The molecule has 0 saturated carbocycles. The van der Waals surface area contributed by atoms with Gasteiger partial charge in [-0.15, -0.1) is 10.2 Å². The Kier molecular flexibility index (Phi) is 5.70. The molecule has 3 aromatic rings. The predicted molar refractivity (Wildman–Crippen MR) is 109 cm³/mol. The van der Waals surface area contributed by atoms with Crippen LogP contribution in [0.25, 0.3) is 0 Å². The van der Waals surface area contributed by atoms with E-state index in [2.05, 4.69) is 10.2 Å². The summed E-state index contributed by atoms with van der Waals surface area (Å²) in [5.41, 5.74) is 3.92. The topological polar surface area (TPSA) is 88.1 Å². The number of halogens is 1. The lowest BCUT2D eigenvalue weighted by molar-refractivity contribution is -0.384. The van der Waals surface area contributed by atoms with Crippen LogP contribution < -0.4 is 0 Å². The molecule has 0 heterocycles. The van der Waals surface area contributed by atoms with E-state index in [1.165, 1.54) is 18.2 Å². The summed E-state index contributed by atoms with van der Waals surface area (Å²) in [6.07, 6.45) is 0.545. The zero-order valence-corrected chi connectivity index (χ0v) is 16.1. The summed E-state index contributed by atoms with van der Waals surface area (Å²) in [6, 6.07) is 15.7. The van der Waals surface area contributed by atoms with Crippen LogP contribution in [0.4, 0.5) is 17.1 Å². The molecular formula is C21H18ClN3O3. The SMILES string of the molecule is Cc1cc(Cc2ccccc2C)c(O)c(N=Nc2ccc(Cl)cc2[N+](=O)[O-])c1. The van der Waals surface area contributed by atoms with Crippen molar-refractivity contribution in [2.45, 2.75) is 20.3 Å². The third kappa shape index (κ3) is 4.35. The molecule has 0 amide bonds. The number of hydrogen-bond donors (Lipinski definition) is 1. The summed E-state index contributed by atoms with van der Waals surface area (Å²) in [5, 5.41) is 30.1. The highest BCUT2D eigenvalue weighted by molar-refractivity contribution is 6.30. The van der Waals surface area contributed by atoms with Gasteiger partial charge in [0, 0.05) is 23.1 Å². The molecule has 28 heavy (non-hydrogen) atoms. The molecule has 0 fully saturated rings. The summed E-state index contributed by atoms with van der Waals surface area (Å²) in [4.78, 5) is 10.6. The molecule has 0 aromatic heterocycles. The van der Waals surface area contributed by atoms with Crippen LogP contribution in [0.15, 0.2) is 64.8 Å². The number of aromatic hydroxyl groups is 1. The monoisotopic (exact) mass is 395 g/mol. The molecule has 3 aromatic carbocycles. The van der Waals surface area contributed by atoms with Gasteiger partial charge in [0.15, 0.2) is 5.69 Å². The van der Waals surface area contributed by atoms with Gasteiger partial charge < -0.3 is 5.11 Å². The van der Waals surface area contributed by atoms with E-state index in [4.69, 9.17) is 11.6 Å². The number of phenols is 1. The second-order valence-corrected chi connectivity index (χ2v) is 6.92. The van der Waals surface area contributed by atoms with Crippen LogP contribution in [0.1, 0.15) is 22.3 Å². The van der Waals surface area contributed by atoms with Crippen molar-refractivity contribution in [1.29, 1.82) is 0 Å². The van der Waals surface area contributed by atoms with Gasteiger partial charge in [-0.05, 0) is 48.7 Å². The number of benzene rings is 3. The summed E-state index contributed by atoms with van der Waals surface area (Å²) >= 11 is 5.82. The van der Waals surface area contributed by atoms with Crippen molar-refractivity contribution in [2.24, 2.45) is 10.2 Å². The van der Waals surface area contributed by atoms with E-state index in [1.807, 2.05) is 44.2 Å². The highest BCUT2D eigenvalue weighted by Crippen LogP contribution is 2.36. The number of rotatable bonds is 5. The molecule has 0 aliphatic carbocycles. The minimum atomic E-state index is -0.570. The molecule has 0 aliphatic heterocycles. The fourth-order valence-electron chi connectivity index (χ4n) is 2.89. The Morgan fingerprint density at radius 1 is 1.00 bits per heavy atom. The Morgan fingerprint density at radius 2 is 1.71 bits per heavy atom. The lowest BCUT2D eigenvalue weighted by Gasteiger charge is -2.10. The van der Waals surface area contributed by atoms with Gasteiger partial charge in [-0.3, -0.25) is 10.1 Å². The Labute approximate surface area is 167 Å². The summed E-state index contributed by atoms with van der Waals surface area (Å²) < 4.78 is 0. The smallest absolute Gasteiger partial charge is 0.298 e. The summed E-state index contributed by atoms with van der Waals surface area (Å²) in [7, 11) is 0. The van der Waals surface area contributed by atoms with Crippen molar-refractivity contribution in [3.05, 3.63) is 92.0 Å². The Hall–Kier alpha value is -3.25. The van der Waals surface area contributed by atoms with Crippen molar-refractivity contribution >= 4 is 28.7 Å². The molecule has 142 valence electrons. The minimum Gasteiger partial charge on any atom is -0.505 e. The maximum absolute atomic E-state index is 11.2. The van der Waals surface area contributed by atoms with Crippen LogP contribution >= 0.6 is 11.6 Å². The number of nitrogens with zero attached hydrogens (tertiary/aromatic N) is 3. The molecule has 3 rings (SSSR count). The highest BCUT2D eigenvalue weighted by atomic mass is 35.5. The normalized spacial score (nSPS) is 11.1. The first kappa shape index (κ1) is 19.5. The van der Waals surface area contributed by atoms with Gasteiger partial charge in [0.1, 0.15) is 11.4 Å². The average molecular weight is 396 g/mol. The second kappa shape index (κ2) is 8.19. The van der Waals surface area contributed by atoms with E-state index in [-0.39, 0.29) is 27.8 Å². The first-order valence-corrected chi connectivity index (χ1v) is 8.95. The maximum Gasteiger partial charge on any atom is 0.298 e. The van der Waals surface area contributed by atoms with Crippen molar-refractivity contribution < 1.29 is 10.0 Å². The van der Waals surface area contributed by atoms with Crippen LogP contribution in [-0.4, -0.2) is 10.0 Å². The minimum absolute atomic E-state index is 0.00854. The van der Waals surface area contributed by atoms with Crippen molar-refractivity contribution in [1.82, 2.24) is 0 Å². The summed E-state index contributed by atoms with van der Waals surface area (Å²) in [6.45, 7) is 3.91. The van der Waals surface area contributed by atoms with Gasteiger partial charge in [-0.1, -0.05) is 41.9 Å². The zero-order valence-electron chi connectivity index (χ0n) is 15.4. The number of nitro benzene ring substituents is 1. The molecule has 1 N–H and O–H groups in total. The van der Waals surface area contributed by atoms with Crippen LogP contribution in [0, 0.1) is 24.0 Å². The summed E-state index contributed by atoms with van der Waals surface area (Å²) in [5.74, 6) is 0.00854. The second-order valence-electron chi connectivity index (χ2n) is 6.49. The molecule has 6 nitrogen and oxygen atoms in total. The quantitative estimate of drug-likeness (QED) is 0.300. The molecule has 0 unspecified atom stereocenters. The number of azo groups is 1. The lowest BCUT2D eigenvalue weighted by Crippen LogP contribution is -1.93. The molecule has 0 saturated heterocycles. The molecular weight excluding hydrogens is 378 g/mol. The van der Waals surface area contributed by atoms with Crippen molar-refractivity contribution in [3.63, 3.8) is 0 Å². The van der Waals surface area contributed by atoms with Gasteiger partial charge in [0.05, 0.1) is 4.92 Å². The fourth-order valence-corrected chi connectivity index (χ4v) is 3.06. The van der Waals surface area contributed by atoms with Crippen LogP contribution in [0.2, 0.25) is 5.02 Å². The average Bonchev–Trinajstić information content (AvgIpc) is 2.65. The number of phenolic OH excluding ortho intramolecular Hbond substituents is 1. The van der Waals surface area contributed by atoms with E-state index >= 15 is 0 Å². The molecule has 0 aliphatic rings. The highest BCUT2D eigenvalue weighted by Gasteiger charge is 2.15. The van der Waals surface area contributed by atoms with Crippen molar-refractivity contribution in [3.8, 4) is 5.75 Å². The van der Waals surface area contributed by atoms with E-state index in [0.29, 0.717) is 12.0 Å². The largest absolute Gasteiger partial charge is 0.505 e. The van der Waals surface area contributed by atoms with E-state index < -0.39 is 4.92 Å². The van der Waals surface area contributed by atoms with Crippen LogP contribution in [0.3, 0.4) is 0 Å². The maximum atomic E-state index is 11.2. The zero-order chi connectivity index (χ0) is 20.3. The van der Waals surface area contributed by atoms with E-state index in [0.717, 1.165) is 16.7 Å². The third-order valence-corrected chi connectivity index (χ3v) is 4.59. The fraction of sp³-hybridized carbons (Fsp3) is 0.143. The Morgan fingerprint density at radius 3 is 2.43 bits per heavy atom. The standard InChI is InChI=1S/C21H18ClN3O3/c1-13-9-16(11-15-6-4-3-5-14(15)2)21(26)19(10-13)24-23-18-8-7-17(22)12-20(18)25(27)28/h3-10,12,26H,11H2,1-2H3. The molecule has 0 radical (unpaired) electrons. The van der Waals surface area contributed by atoms with Gasteiger partial charge in [-0.2, -0.15) is 0 Å². The number of hydrogen-bond acceptors (Lipinski definition) is 5. The first-order chi connectivity index (χ1) is 13.3. The first-order valence-electron chi connectivity index (χ1n) is 8.58. The third-order valence-electron chi connectivity index (χ3n) is 4.35. The van der Waals surface area contributed by atoms with Gasteiger partial charge >= 0.3 is 0 Å². The molecule has 0 spiro atoms. The molecule has 7 heteroatoms. The van der Waals surface area contributed by atoms with E-state index in [1.54, 1.807) is 6.07 Å². The Bertz CT molecular complexity index is 1080. The van der Waals surface area contributed by atoms with Gasteiger partial charge in [-0.25, -0.2) is 0 Å².